The normalized spacial score (nSPS) is 20.0. The van der Waals surface area contributed by atoms with Gasteiger partial charge in [-0.2, -0.15) is 9.57 Å². The van der Waals surface area contributed by atoms with Crippen molar-refractivity contribution >= 4 is 31.9 Å². The summed E-state index contributed by atoms with van der Waals surface area (Å²) >= 11 is 3.19. The van der Waals surface area contributed by atoms with Gasteiger partial charge < -0.3 is 4.90 Å². The Bertz CT molecular complexity index is 768. The van der Waals surface area contributed by atoms with Crippen LogP contribution in [0.15, 0.2) is 27.6 Å². The van der Waals surface area contributed by atoms with Gasteiger partial charge in [0.25, 0.3) is 0 Å². The fourth-order valence-corrected chi connectivity index (χ4v) is 4.74. The summed E-state index contributed by atoms with van der Waals surface area (Å²) < 4.78 is 27.1. The summed E-state index contributed by atoms with van der Waals surface area (Å²) in [5.41, 5.74) is 0.0690. The Morgan fingerprint density at radius 1 is 1.27 bits per heavy atom. The number of amides is 1. The van der Waals surface area contributed by atoms with E-state index in [1.807, 2.05) is 6.07 Å². The van der Waals surface area contributed by atoms with Gasteiger partial charge in [0.1, 0.15) is 11.0 Å². The number of sulfonamides is 1. The lowest BCUT2D eigenvalue weighted by atomic mass is 10.2. The van der Waals surface area contributed by atoms with E-state index >= 15 is 0 Å². The lowest BCUT2D eigenvalue weighted by Gasteiger charge is -2.33. The summed E-state index contributed by atoms with van der Waals surface area (Å²) in [6, 6.07) is 6.79. The van der Waals surface area contributed by atoms with Crippen LogP contribution in [0.5, 0.6) is 0 Å². The van der Waals surface area contributed by atoms with E-state index in [4.69, 9.17) is 0 Å². The van der Waals surface area contributed by atoms with E-state index in [1.165, 1.54) is 6.07 Å². The number of rotatable bonds is 3. The molecule has 1 aromatic carbocycles. The molecule has 1 saturated heterocycles. The predicted molar refractivity (Wildman–Crippen MR) is 82.4 cm³/mol. The SMILES string of the molecule is N#Cc1c(Br)cccc1S(=O)(=O)N1CCN(C2CC2)C(=O)C1. The van der Waals surface area contributed by atoms with Crippen molar-refractivity contribution in [1.29, 1.82) is 5.26 Å². The van der Waals surface area contributed by atoms with Gasteiger partial charge in [0.15, 0.2) is 0 Å². The maximum Gasteiger partial charge on any atom is 0.244 e. The minimum Gasteiger partial charge on any atom is -0.337 e. The minimum atomic E-state index is -3.86. The molecule has 0 spiro atoms. The zero-order valence-electron chi connectivity index (χ0n) is 11.7. The van der Waals surface area contributed by atoms with Crippen molar-refractivity contribution in [3.05, 3.63) is 28.2 Å². The molecule has 1 aromatic rings. The van der Waals surface area contributed by atoms with Crippen molar-refractivity contribution in [3.8, 4) is 6.07 Å². The van der Waals surface area contributed by atoms with Crippen molar-refractivity contribution in [2.45, 2.75) is 23.8 Å². The molecule has 0 atom stereocenters. The number of hydrogen-bond donors (Lipinski definition) is 0. The molecule has 116 valence electrons. The number of carbonyl (C=O) groups excluding carboxylic acids is 1. The molecule has 1 saturated carbocycles. The highest BCUT2D eigenvalue weighted by molar-refractivity contribution is 9.10. The number of nitriles is 1. The van der Waals surface area contributed by atoms with Crippen LogP contribution in [0.3, 0.4) is 0 Å². The molecule has 2 aliphatic rings. The Morgan fingerprint density at radius 2 is 2.00 bits per heavy atom. The molecule has 1 aliphatic carbocycles. The van der Waals surface area contributed by atoms with Gasteiger partial charge in [0.2, 0.25) is 15.9 Å². The highest BCUT2D eigenvalue weighted by atomic mass is 79.9. The highest BCUT2D eigenvalue weighted by Crippen LogP contribution is 2.30. The third-order valence-electron chi connectivity index (χ3n) is 3.91. The second-order valence-corrected chi connectivity index (χ2v) is 8.14. The van der Waals surface area contributed by atoms with Crippen LogP contribution in [0, 0.1) is 11.3 Å². The number of piperazine rings is 1. The Kier molecular flexibility index (Phi) is 3.97. The van der Waals surface area contributed by atoms with E-state index in [2.05, 4.69) is 15.9 Å². The van der Waals surface area contributed by atoms with E-state index in [9.17, 15) is 18.5 Å². The van der Waals surface area contributed by atoms with Gasteiger partial charge >= 0.3 is 0 Å². The first kappa shape index (κ1) is 15.5. The summed E-state index contributed by atoms with van der Waals surface area (Å²) in [6.07, 6.45) is 2.01. The quantitative estimate of drug-likeness (QED) is 0.787. The average Bonchev–Trinajstić information content (AvgIpc) is 3.31. The maximum absolute atomic E-state index is 12.7. The van der Waals surface area contributed by atoms with Crippen LogP contribution >= 0.6 is 15.9 Å². The number of carbonyl (C=O) groups is 1. The number of hydrogen-bond acceptors (Lipinski definition) is 4. The molecule has 0 bridgehead atoms. The Morgan fingerprint density at radius 3 is 2.59 bits per heavy atom. The molecule has 1 heterocycles. The summed E-state index contributed by atoms with van der Waals surface area (Å²) in [6.45, 7) is 0.525. The number of benzene rings is 1. The first-order valence-corrected chi connectivity index (χ1v) is 9.16. The van der Waals surface area contributed by atoms with Crippen molar-refractivity contribution in [3.63, 3.8) is 0 Å². The summed E-state index contributed by atoms with van der Waals surface area (Å²) in [5, 5.41) is 9.20. The molecule has 0 radical (unpaired) electrons. The molecule has 8 heteroatoms. The van der Waals surface area contributed by atoms with E-state index in [0.717, 1.165) is 17.1 Å². The second kappa shape index (κ2) is 5.65. The van der Waals surface area contributed by atoms with Crippen molar-refractivity contribution in [1.82, 2.24) is 9.21 Å². The first-order valence-electron chi connectivity index (χ1n) is 6.93. The van der Waals surface area contributed by atoms with Crippen molar-refractivity contribution in [2.75, 3.05) is 19.6 Å². The van der Waals surface area contributed by atoms with E-state index in [-0.39, 0.29) is 35.5 Å². The topological polar surface area (TPSA) is 81.5 Å². The molecule has 0 aromatic heterocycles. The number of nitrogens with zero attached hydrogens (tertiary/aromatic N) is 3. The van der Waals surface area contributed by atoms with Crippen LogP contribution in [-0.2, 0) is 14.8 Å². The minimum absolute atomic E-state index is 0.0583. The average molecular weight is 384 g/mol. The lowest BCUT2D eigenvalue weighted by molar-refractivity contribution is -0.134. The van der Waals surface area contributed by atoms with Crippen LogP contribution in [0.1, 0.15) is 18.4 Å². The molecule has 22 heavy (non-hydrogen) atoms. The van der Waals surface area contributed by atoms with Crippen LogP contribution in [0.2, 0.25) is 0 Å². The van der Waals surface area contributed by atoms with Crippen molar-refractivity contribution < 1.29 is 13.2 Å². The molecule has 1 amide bonds. The van der Waals surface area contributed by atoms with Gasteiger partial charge in [-0.1, -0.05) is 6.07 Å². The Hall–Kier alpha value is -1.43. The maximum atomic E-state index is 12.7. The highest BCUT2D eigenvalue weighted by Gasteiger charge is 2.39. The number of halogens is 1. The Balaban J connectivity index is 1.90. The lowest BCUT2D eigenvalue weighted by Crippen LogP contribution is -2.52. The largest absolute Gasteiger partial charge is 0.337 e. The molecular formula is C14H14BrN3O3S. The first-order chi connectivity index (χ1) is 10.4. The monoisotopic (exact) mass is 383 g/mol. The fraction of sp³-hybridized carbons (Fsp3) is 0.429. The molecule has 2 fully saturated rings. The zero-order chi connectivity index (χ0) is 15.9. The molecule has 1 aliphatic heterocycles. The fourth-order valence-electron chi connectivity index (χ4n) is 2.61. The van der Waals surface area contributed by atoms with Crippen LogP contribution in [0.4, 0.5) is 0 Å². The third kappa shape index (κ3) is 2.64. The summed E-state index contributed by atoms with van der Waals surface area (Å²) in [4.78, 5) is 13.8. The van der Waals surface area contributed by atoms with Crippen molar-refractivity contribution in [2.24, 2.45) is 0 Å². The predicted octanol–water partition coefficient (Wildman–Crippen LogP) is 1.32. The van der Waals surface area contributed by atoms with Gasteiger partial charge in [-0.15, -0.1) is 0 Å². The van der Waals surface area contributed by atoms with E-state index < -0.39 is 10.0 Å². The van der Waals surface area contributed by atoms with Gasteiger partial charge in [-0.05, 0) is 40.9 Å². The van der Waals surface area contributed by atoms with E-state index in [0.29, 0.717) is 11.0 Å². The van der Waals surface area contributed by atoms with E-state index in [1.54, 1.807) is 17.0 Å². The van der Waals surface area contributed by atoms with Gasteiger partial charge in [0.05, 0.1) is 12.1 Å². The molecule has 0 unspecified atom stereocenters. The van der Waals surface area contributed by atoms with Gasteiger partial charge in [0, 0.05) is 23.6 Å². The molecule has 0 N–H and O–H groups in total. The Labute approximate surface area is 137 Å². The smallest absolute Gasteiger partial charge is 0.244 e. The molecule has 3 rings (SSSR count). The van der Waals surface area contributed by atoms with Crippen LogP contribution in [-0.4, -0.2) is 49.2 Å². The standard InChI is InChI=1S/C14H14BrN3O3S/c15-12-2-1-3-13(11(12)8-16)22(20,21)17-6-7-18(10-4-5-10)14(19)9-17/h1-3,10H,4-7,9H2. The summed E-state index contributed by atoms with van der Waals surface area (Å²) in [5.74, 6) is -0.161. The van der Waals surface area contributed by atoms with Gasteiger partial charge in [-0.3, -0.25) is 4.79 Å². The zero-order valence-corrected chi connectivity index (χ0v) is 14.1. The second-order valence-electron chi connectivity index (χ2n) is 5.38. The molecular weight excluding hydrogens is 370 g/mol. The third-order valence-corrected chi connectivity index (χ3v) is 6.46. The molecule has 6 nitrogen and oxygen atoms in total. The van der Waals surface area contributed by atoms with Gasteiger partial charge in [-0.25, -0.2) is 8.42 Å². The van der Waals surface area contributed by atoms with Crippen LogP contribution < -0.4 is 0 Å². The van der Waals surface area contributed by atoms with Crippen LogP contribution in [0.25, 0.3) is 0 Å². The summed E-state index contributed by atoms with van der Waals surface area (Å²) in [7, 11) is -3.86.